The average molecular weight is 278 g/mol. The van der Waals surface area contributed by atoms with Crippen LogP contribution in [0.5, 0.6) is 0 Å². The molecule has 2 N–H and O–H groups in total. The second kappa shape index (κ2) is 5.73. The van der Waals surface area contributed by atoms with E-state index in [1.807, 2.05) is 0 Å². The summed E-state index contributed by atoms with van der Waals surface area (Å²) in [4.78, 5) is 24.6. The molecule has 0 amide bonds. The molecule has 0 aliphatic carbocycles. The average Bonchev–Trinajstić information content (AvgIpc) is 2.88. The normalized spacial score (nSPS) is 10.2. The Balaban J connectivity index is 1.90. The van der Waals surface area contributed by atoms with Crippen LogP contribution in [-0.4, -0.2) is 42.5 Å². The molecule has 20 heavy (non-hydrogen) atoms. The number of rotatable bonds is 6. The fourth-order valence-corrected chi connectivity index (χ4v) is 1.43. The van der Waals surface area contributed by atoms with E-state index in [0.29, 0.717) is 18.9 Å². The first-order valence-electron chi connectivity index (χ1n) is 5.54. The summed E-state index contributed by atoms with van der Waals surface area (Å²) in [5, 5.41) is 29.2. The summed E-state index contributed by atoms with van der Waals surface area (Å²) in [5.74, 6) is -0.790. The van der Waals surface area contributed by atoms with Gasteiger partial charge >= 0.3 is 5.97 Å². The monoisotopic (exact) mass is 278 g/mol. The predicted octanol–water partition coefficient (Wildman–Crippen LogP) is 0.392. The summed E-state index contributed by atoms with van der Waals surface area (Å²) < 4.78 is 1.35. The Labute approximate surface area is 112 Å². The molecule has 0 atom stereocenters. The van der Waals surface area contributed by atoms with Gasteiger partial charge in [0.15, 0.2) is 5.69 Å². The number of nitrogens with one attached hydrogen (secondary N) is 1. The zero-order chi connectivity index (χ0) is 14.5. The first-order valence-corrected chi connectivity index (χ1v) is 5.54. The molecule has 2 aromatic heterocycles. The van der Waals surface area contributed by atoms with Crippen LogP contribution in [0.25, 0.3) is 0 Å². The summed E-state index contributed by atoms with van der Waals surface area (Å²) in [6.07, 6.45) is 2.63. The van der Waals surface area contributed by atoms with E-state index >= 15 is 0 Å². The van der Waals surface area contributed by atoms with Gasteiger partial charge in [0, 0.05) is 18.8 Å². The Hall–Kier alpha value is -3.04. The van der Waals surface area contributed by atoms with Gasteiger partial charge < -0.3 is 10.4 Å². The van der Waals surface area contributed by atoms with Gasteiger partial charge in [-0.2, -0.15) is 0 Å². The van der Waals surface area contributed by atoms with Crippen molar-refractivity contribution in [2.24, 2.45) is 0 Å². The lowest BCUT2D eigenvalue weighted by atomic mass is 10.4. The van der Waals surface area contributed by atoms with Crippen molar-refractivity contribution >= 4 is 17.5 Å². The number of aromatic carboxylic acids is 1. The first-order chi connectivity index (χ1) is 9.56. The van der Waals surface area contributed by atoms with Gasteiger partial charge in [0.1, 0.15) is 5.82 Å². The molecule has 0 spiro atoms. The highest BCUT2D eigenvalue weighted by Crippen LogP contribution is 2.13. The maximum atomic E-state index is 10.6. The largest absolute Gasteiger partial charge is 0.476 e. The Bertz CT molecular complexity index is 640. The van der Waals surface area contributed by atoms with Crippen LogP contribution in [0.4, 0.5) is 11.5 Å². The van der Waals surface area contributed by atoms with Crippen molar-refractivity contribution in [1.29, 1.82) is 0 Å². The summed E-state index contributed by atoms with van der Waals surface area (Å²) in [7, 11) is 0. The van der Waals surface area contributed by atoms with Crippen LogP contribution in [0.1, 0.15) is 10.5 Å². The van der Waals surface area contributed by atoms with E-state index < -0.39 is 10.9 Å². The molecular formula is C10H10N6O4. The van der Waals surface area contributed by atoms with Crippen molar-refractivity contribution in [1.82, 2.24) is 20.0 Å². The van der Waals surface area contributed by atoms with E-state index in [9.17, 15) is 14.9 Å². The quantitative estimate of drug-likeness (QED) is 0.572. The molecule has 0 saturated carbocycles. The minimum Gasteiger partial charge on any atom is -0.476 e. The topological polar surface area (TPSA) is 136 Å². The van der Waals surface area contributed by atoms with Gasteiger partial charge in [0.25, 0.3) is 5.69 Å². The van der Waals surface area contributed by atoms with Crippen LogP contribution in [0.2, 0.25) is 0 Å². The number of carboxylic acids is 1. The SMILES string of the molecule is O=C(O)c1cn(CCNc2cc([N+](=O)[O-])ccn2)nn1. The molecular weight excluding hydrogens is 268 g/mol. The number of carboxylic acid groups (broad SMARTS) is 1. The third-order valence-corrected chi connectivity index (χ3v) is 2.36. The summed E-state index contributed by atoms with van der Waals surface area (Å²) in [6, 6.07) is 2.60. The number of nitro groups is 1. The van der Waals surface area contributed by atoms with Gasteiger partial charge in [0.2, 0.25) is 0 Å². The van der Waals surface area contributed by atoms with E-state index in [-0.39, 0.29) is 11.4 Å². The number of carbonyl (C=O) groups is 1. The van der Waals surface area contributed by atoms with Crippen molar-refractivity contribution < 1.29 is 14.8 Å². The number of hydrogen-bond donors (Lipinski definition) is 2. The molecule has 0 aliphatic rings. The van der Waals surface area contributed by atoms with E-state index in [1.54, 1.807) is 0 Å². The number of aromatic nitrogens is 4. The fraction of sp³-hybridized carbons (Fsp3) is 0.200. The molecule has 0 fully saturated rings. The number of nitrogens with zero attached hydrogens (tertiary/aromatic N) is 5. The second-order valence-electron chi connectivity index (χ2n) is 3.76. The van der Waals surface area contributed by atoms with Crippen molar-refractivity contribution in [3.05, 3.63) is 40.3 Å². The molecule has 0 radical (unpaired) electrons. The first kappa shape index (κ1) is 13.4. The smallest absolute Gasteiger partial charge is 0.358 e. The van der Waals surface area contributed by atoms with E-state index in [4.69, 9.17) is 5.11 Å². The van der Waals surface area contributed by atoms with Crippen LogP contribution < -0.4 is 5.32 Å². The van der Waals surface area contributed by atoms with Gasteiger partial charge in [-0.15, -0.1) is 5.10 Å². The van der Waals surface area contributed by atoms with Gasteiger partial charge in [0.05, 0.1) is 23.7 Å². The summed E-state index contributed by atoms with van der Waals surface area (Å²) in [5.41, 5.74) is -0.199. The van der Waals surface area contributed by atoms with Crippen molar-refractivity contribution in [3.63, 3.8) is 0 Å². The minimum atomic E-state index is -1.15. The highest BCUT2D eigenvalue weighted by molar-refractivity contribution is 5.84. The third-order valence-electron chi connectivity index (χ3n) is 2.36. The Morgan fingerprint density at radius 3 is 3.00 bits per heavy atom. The predicted molar refractivity (Wildman–Crippen MR) is 66.4 cm³/mol. The van der Waals surface area contributed by atoms with Crippen LogP contribution in [-0.2, 0) is 6.54 Å². The molecule has 2 aromatic rings. The molecule has 10 heteroatoms. The standard InChI is InChI=1S/C10H10N6O4/c17-10(18)8-6-15(14-13-8)4-3-12-9-5-7(16(19)20)1-2-11-9/h1-2,5-6H,3-4H2,(H,11,12)(H,17,18). The molecule has 0 saturated heterocycles. The number of pyridine rings is 1. The molecule has 0 aromatic carbocycles. The summed E-state index contributed by atoms with van der Waals surface area (Å²) in [6.45, 7) is 0.723. The Kier molecular flexibility index (Phi) is 3.84. The molecule has 104 valence electrons. The second-order valence-corrected chi connectivity index (χ2v) is 3.76. The van der Waals surface area contributed by atoms with E-state index in [2.05, 4.69) is 20.6 Å². The van der Waals surface area contributed by atoms with Crippen LogP contribution in [0.3, 0.4) is 0 Å². The Morgan fingerprint density at radius 1 is 1.55 bits per heavy atom. The van der Waals surface area contributed by atoms with Crippen LogP contribution in [0.15, 0.2) is 24.5 Å². The third kappa shape index (κ3) is 3.25. The van der Waals surface area contributed by atoms with Crippen molar-refractivity contribution in [2.75, 3.05) is 11.9 Å². The summed E-state index contributed by atoms with van der Waals surface area (Å²) >= 11 is 0. The molecule has 10 nitrogen and oxygen atoms in total. The zero-order valence-corrected chi connectivity index (χ0v) is 10.1. The molecule has 2 heterocycles. The van der Waals surface area contributed by atoms with E-state index in [0.717, 1.165) is 0 Å². The maximum Gasteiger partial charge on any atom is 0.358 e. The Morgan fingerprint density at radius 2 is 2.35 bits per heavy atom. The molecule has 0 unspecified atom stereocenters. The molecule has 0 aliphatic heterocycles. The van der Waals surface area contributed by atoms with Crippen molar-refractivity contribution in [2.45, 2.75) is 6.54 Å². The minimum absolute atomic E-state index is 0.0589. The van der Waals surface area contributed by atoms with E-state index in [1.165, 1.54) is 29.2 Å². The highest BCUT2D eigenvalue weighted by atomic mass is 16.6. The number of hydrogen-bond acceptors (Lipinski definition) is 7. The van der Waals surface area contributed by atoms with Crippen LogP contribution >= 0.6 is 0 Å². The molecule has 2 rings (SSSR count). The maximum absolute atomic E-state index is 10.6. The lowest BCUT2D eigenvalue weighted by Gasteiger charge is -2.04. The zero-order valence-electron chi connectivity index (χ0n) is 10.1. The number of anilines is 1. The van der Waals surface area contributed by atoms with Gasteiger partial charge in [-0.3, -0.25) is 10.1 Å². The van der Waals surface area contributed by atoms with Crippen molar-refractivity contribution in [3.8, 4) is 0 Å². The van der Waals surface area contributed by atoms with Gasteiger partial charge in [-0.1, -0.05) is 5.21 Å². The van der Waals surface area contributed by atoms with Gasteiger partial charge in [-0.25, -0.2) is 14.5 Å². The highest BCUT2D eigenvalue weighted by Gasteiger charge is 2.08. The fourth-order valence-electron chi connectivity index (χ4n) is 1.43. The molecule has 0 bridgehead atoms. The van der Waals surface area contributed by atoms with Gasteiger partial charge in [-0.05, 0) is 0 Å². The lowest BCUT2D eigenvalue weighted by Crippen LogP contribution is -2.12. The van der Waals surface area contributed by atoms with Crippen LogP contribution in [0, 0.1) is 10.1 Å². The lowest BCUT2D eigenvalue weighted by molar-refractivity contribution is -0.384.